The lowest BCUT2D eigenvalue weighted by atomic mass is 10.1. The Labute approximate surface area is 198 Å². The molecule has 0 radical (unpaired) electrons. The Bertz CT molecular complexity index is 1370. The number of fused-ring (bicyclic) bond motifs is 4. The molecule has 12 heteroatoms. The Kier molecular flexibility index (Phi) is 5.60. The Balaban J connectivity index is 1.71. The first-order valence-electron chi connectivity index (χ1n) is 11.5. The Hall–Kier alpha value is -3.70. The number of nitrogens with one attached hydrogen (secondary N) is 1. The number of anilines is 3. The van der Waals surface area contributed by atoms with Crippen molar-refractivity contribution in [2.75, 3.05) is 34.8 Å². The van der Waals surface area contributed by atoms with Gasteiger partial charge in [0, 0.05) is 38.4 Å². The summed E-state index contributed by atoms with van der Waals surface area (Å²) in [7, 11) is 0. The van der Waals surface area contributed by atoms with Gasteiger partial charge in [-0.1, -0.05) is 6.07 Å². The van der Waals surface area contributed by atoms with Crippen molar-refractivity contribution < 1.29 is 18.0 Å². The van der Waals surface area contributed by atoms with Crippen LogP contribution < -0.4 is 20.7 Å². The summed E-state index contributed by atoms with van der Waals surface area (Å²) in [5.41, 5.74) is -0.531. The van der Waals surface area contributed by atoms with Crippen LogP contribution in [0.25, 0.3) is 10.9 Å². The van der Waals surface area contributed by atoms with Gasteiger partial charge in [0.2, 0.25) is 11.8 Å². The van der Waals surface area contributed by atoms with Crippen molar-refractivity contribution in [1.82, 2.24) is 19.5 Å². The average Bonchev–Trinajstić information content (AvgIpc) is 3.25. The summed E-state index contributed by atoms with van der Waals surface area (Å²) < 4.78 is 42.0. The van der Waals surface area contributed by atoms with Crippen LogP contribution in [0, 0.1) is 0 Å². The summed E-state index contributed by atoms with van der Waals surface area (Å²) in [5, 5.41) is 3.07. The number of carbonyl (C=O) groups is 1. The topological polar surface area (TPSA) is 96.2 Å². The summed E-state index contributed by atoms with van der Waals surface area (Å²) in [6, 6.07) is 4.44. The number of aromatic nitrogens is 4. The van der Waals surface area contributed by atoms with Crippen LogP contribution in [0.1, 0.15) is 42.9 Å². The first kappa shape index (κ1) is 23.1. The van der Waals surface area contributed by atoms with Gasteiger partial charge < -0.3 is 15.1 Å². The number of rotatable bonds is 4. The summed E-state index contributed by atoms with van der Waals surface area (Å²) in [5.74, 6) is -0.822. The van der Waals surface area contributed by atoms with Gasteiger partial charge in [-0.3, -0.25) is 14.2 Å². The van der Waals surface area contributed by atoms with E-state index in [1.165, 1.54) is 30.2 Å². The molecule has 0 spiro atoms. The van der Waals surface area contributed by atoms with E-state index in [1.807, 2.05) is 6.92 Å². The van der Waals surface area contributed by atoms with Gasteiger partial charge in [0.05, 0.1) is 11.1 Å². The molecule has 2 aromatic heterocycles. The van der Waals surface area contributed by atoms with Crippen LogP contribution >= 0.6 is 0 Å². The third kappa shape index (κ3) is 3.76. The fraction of sp³-hybridized carbons (Fsp3) is 0.435. The highest BCUT2D eigenvalue weighted by atomic mass is 19.4. The third-order valence-corrected chi connectivity index (χ3v) is 6.45. The second kappa shape index (κ2) is 8.51. The van der Waals surface area contributed by atoms with Crippen LogP contribution in [0.5, 0.6) is 0 Å². The van der Waals surface area contributed by atoms with Gasteiger partial charge in [-0.25, -0.2) is 9.97 Å². The third-order valence-electron chi connectivity index (χ3n) is 6.45. The number of carbonyl (C=O) groups excluding carboxylic acids is 1. The second-order valence-corrected chi connectivity index (χ2v) is 8.52. The number of para-hydroxylation sites is 1. The van der Waals surface area contributed by atoms with Gasteiger partial charge in [-0.05, 0) is 38.8 Å². The van der Waals surface area contributed by atoms with Crippen LogP contribution in [0.4, 0.5) is 30.6 Å². The largest absolute Gasteiger partial charge is 0.449 e. The maximum atomic E-state index is 13.8. The number of hydrogen-bond donors (Lipinski definition) is 1. The molecule has 9 nitrogen and oxygen atoms in total. The first-order valence-corrected chi connectivity index (χ1v) is 11.5. The molecule has 1 N–H and O–H groups in total. The number of amides is 1. The summed E-state index contributed by atoms with van der Waals surface area (Å²) in [4.78, 5) is 42.9. The summed E-state index contributed by atoms with van der Waals surface area (Å²) >= 11 is 0. The lowest BCUT2D eigenvalue weighted by molar-refractivity contribution is -0.147. The maximum absolute atomic E-state index is 13.8. The fourth-order valence-corrected chi connectivity index (χ4v) is 4.89. The van der Waals surface area contributed by atoms with E-state index in [-0.39, 0.29) is 41.3 Å². The molecule has 0 saturated carbocycles. The zero-order chi connectivity index (χ0) is 24.9. The van der Waals surface area contributed by atoms with Crippen molar-refractivity contribution in [3.63, 3.8) is 0 Å². The van der Waals surface area contributed by atoms with Gasteiger partial charge >= 0.3 is 6.18 Å². The monoisotopic (exact) mass is 487 g/mol. The summed E-state index contributed by atoms with van der Waals surface area (Å²) in [6.45, 7) is 4.73. The molecule has 0 aliphatic carbocycles. The van der Waals surface area contributed by atoms with E-state index in [2.05, 4.69) is 25.2 Å². The molecule has 35 heavy (non-hydrogen) atoms. The van der Waals surface area contributed by atoms with Crippen molar-refractivity contribution in [1.29, 1.82) is 0 Å². The van der Waals surface area contributed by atoms with E-state index in [0.717, 1.165) is 12.8 Å². The zero-order valence-corrected chi connectivity index (χ0v) is 19.3. The maximum Gasteiger partial charge on any atom is 0.449 e. The molecule has 3 aromatic rings. The molecule has 0 unspecified atom stereocenters. The van der Waals surface area contributed by atoms with E-state index < -0.39 is 23.5 Å². The molecule has 4 heterocycles. The average molecular weight is 487 g/mol. The lowest BCUT2D eigenvalue weighted by Gasteiger charge is -2.27. The Morgan fingerprint density at radius 2 is 1.97 bits per heavy atom. The molecule has 1 saturated heterocycles. The minimum absolute atomic E-state index is 0.0247. The van der Waals surface area contributed by atoms with Gasteiger partial charge in [0.25, 0.3) is 11.5 Å². The highest BCUT2D eigenvalue weighted by molar-refractivity contribution is 6.13. The van der Waals surface area contributed by atoms with E-state index in [4.69, 9.17) is 0 Å². The van der Waals surface area contributed by atoms with E-state index >= 15 is 0 Å². The normalized spacial score (nSPS) is 18.0. The molecule has 0 bridgehead atoms. The molecule has 2 aliphatic heterocycles. The van der Waals surface area contributed by atoms with Crippen LogP contribution in [0.15, 0.2) is 29.2 Å². The van der Waals surface area contributed by atoms with E-state index in [9.17, 15) is 22.8 Å². The standard InChI is InChI=1S/C23H24F3N7O2/c1-3-27-22-28-11-15-18(30-22)32-10-6-7-13(32)12-33(20(15)35)16-9-5-8-14-17(16)29-21(23(24,25)26)31(4-2)19(14)34/h5,8-9,11,13H,3-4,6-7,10,12H2,1-2H3,(H,27,28,30)/t13-/m0/s1. The molecule has 2 aliphatic rings. The number of nitrogens with zero attached hydrogens (tertiary/aromatic N) is 6. The van der Waals surface area contributed by atoms with Crippen LogP contribution in [0.2, 0.25) is 0 Å². The molecule has 184 valence electrons. The quantitative estimate of drug-likeness (QED) is 0.603. The van der Waals surface area contributed by atoms with Gasteiger partial charge in [-0.2, -0.15) is 18.2 Å². The van der Waals surface area contributed by atoms with Crippen molar-refractivity contribution in [2.24, 2.45) is 0 Å². The SMILES string of the molecule is CCNc1ncc2c(n1)N1CCC[C@H]1CN(c1cccc3c(=O)n(CC)c(C(F)(F)F)nc13)C2=O. The molecule has 1 fully saturated rings. The Morgan fingerprint density at radius 1 is 1.17 bits per heavy atom. The van der Waals surface area contributed by atoms with Crippen molar-refractivity contribution in [3.05, 3.63) is 46.1 Å². The smallest absolute Gasteiger partial charge is 0.354 e. The minimum atomic E-state index is -4.83. The van der Waals surface area contributed by atoms with Crippen molar-refractivity contribution in [2.45, 2.75) is 45.5 Å². The molecular formula is C23H24F3N7O2. The van der Waals surface area contributed by atoms with Gasteiger partial charge in [0.15, 0.2) is 0 Å². The predicted octanol–water partition coefficient (Wildman–Crippen LogP) is 3.29. The summed E-state index contributed by atoms with van der Waals surface area (Å²) in [6.07, 6.45) is -1.71. The van der Waals surface area contributed by atoms with E-state index in [1.54, 1.807) is 6.07 Å². The van der Waals surface area contributed by atoms with E-state index in [0.29, 0.717) is 29.4 Å². The number of halogens is 3. The van der Waals surface area contributed by atoms with Crippen LogP contribution in [0.3, 0.4) is 0 Å². The molecule has 5 rings (SSSR count). The van der Waals surface area contributed by atoms with Crippen LogP contribution in [-0.2, 0) is 12.7 Å². The van der Waals surface area contributed by atoms with Crippen molar-refractivity contribution in [3.8, 4) is 0 Å². The first-order chi connectivity index (χ1) is 16.7. The van der Waals surface area contributed by atoms with Gasteiger partial charge in [0.1, 0.15) is 16.9 Å². The van der Waals surface area contributed by atoms with Crippen LogP contribution in [-0.4, -0.2) is 51.1 Å². The molecule has 1 atom stereocenters. The fourth-order valence-electron chi connectivity index (χ4n) is 4.89. The highest BCUT2D eigenvalue weighted by Crippen LogP contribution is 2.36. The molecular weight excluding hydrogens is 463 g/mol. The van der Waals surface area contributed by atoms with Crippen molar-refractivity contribution >= 4 is 34.3 Å². The molecule has 1 amide bonds. The predicted molar refractivity (Wildman–Crippen MR) is 125 cm³/mol. The van der Waals surface area contributed by atoms with Gasteiger partial charge in [-0.15, -0.1) is 0 Å². The number of hydrogen-bond acceptors (Lipinski definition) is 7. The Morgan fingerprint density at radius 3 is 2.69 bits per heavy atom. The highest BCUT2D eigenvalue weighted by Gasteiger charge is 2.40. The lowest BCUT2D eigenvalue weighted by Crippen LogP contribution is -2.40. The minimum Gasteiger partial charge on any atom is -0.354 e. The number of benzene rings is 1. The number of alkyl halides is 3. The molecule has 1 aromatic carbocycles. The zero-order valence-electron chi connectivity index (χ0n) is 19.3. The second-order valence-electron chi connectivity index (χ2n) is 8.52.